The van der Waals surface area contributed by atoms with Crippen molar-refractivity contribution in [2.45, 2.75) is 25.3 Å². The van der Waals surface area contributed by atoms with E-state index in [0.29, 0.717) is 6.54 Å². The van der Waals surface area contributed by atoms with Crippen LogP contribution in [-0.2, 0) is 9.59 Å². The lowest BCUT2D eigenvalue weighted by Gasteiger charge is -2.27. The van der Waals surface area contributed by atoms with Crippen molar-refractivity contribution in [2.75, 3.05) is 18.0 Å². The summed E-state index contributed by atoms with van der Waals surface area (Å²) in [6.07, 6.45) is 3.87. The van der Waals surface area contributed by atoms with E-state index in [4.69, 9.17) is 0 Å². The predicted molar refractivity (Wildman–Crippen MR) is 91.3 cm³/mol. The molecule has 2 fully saturated rings. The van der Waals surface area contributed by atoms with Gasteiger partial charge in [0.25, 0.3) is 0 Å². The fourth-order valence-corrected chi connectivity index (χ4v) is 3.92. The first-order chi connectivity index (χ1) is 12.1. The predicted octanol–water partition coefficient (Wildman–Crippen LogP) is 2.87. The molecule has 0 bridgehead atoms. The average molecular weight is 341 g/mol. The highest BCUT2D eigenvalue weighted by atomic mass is 19.1. The van der Waals surface area contributed by atoms with E-state index < -0.39 is 11.7 Å². The Labute approximate surface area is 145 Å². The molecule has 0 saturated carbocycles. The molecule has 5 nitrogen and oxygen atoms in total. The fraction of sp³-hybridized carbons (Fsp3) is 0.368. The van der Waals surface area contributed by atoms with Gasteiger partial charge in [0.15, 0.2) is 0 Å². The number of amides is 2. The third kappa shape index (κ3) is 2.81. The number of benzene rings is 1. The SMILES string of the molecule is O=C1C[C@H](C(=O)N2CCC[C@@H]2c2ccc[nH]2)CN1c1ccccc1F. The topological polar surface area (TPSA) is 56.4 Å². The van der Waals surface area contributed by atoms with Crippen molar-refractivity contribution < 1.29 is 14.0 Å². The van der Waals surface area contributed by atoms with E-state index in [2.05, 4.69) is 4.98 Å². The zero-order valence-corrected chi connectivity index (χ0v) is 13.8. The number of carbonyl (C=O) groups is 2. The largest absolute Gasteiger partial charge is 0.363 e. The molecule has 2 amide bonds. The third-order valence-corrected chi connectivity index (χ3v) is 5.13. The van der Waals surface area contributed by atoms with Crippen LogP contribution >= 0.6 is 0 Å². The summed E-state index contributed by atoms with van der Waals surface area (Å²) in [5.74, 6) is -1.06. The zero-order chi connectivity index (χ0) is 17.4. The van der Waals surface area contributed by atoms with Gasteiger partial charge in [-0.15, -0.1) is 0 Å². The van der Waals surface area contributed by atoms with E-state index in [1.54, 1.807) is 18.2 Å². The lowest BCUT2D eigenvalue weighted by atomic mass is 10.1. The fourth-order valence-electron chi connectivity index (χ4n) is 3.92. The van der Waals surface area contributed by atoms with Gasteiger partial charge in [-0.25, -0.2) is 4.39 Å². The van der Waals surface area contributed by atoms with E-state index in [1.165, 1.54) is 11.0 Å². The van der Waals surface area contributed by atoms with Crippen molar-refractivity contribution in [2.24, 2.45) is 5.92 Å². The number of nitrogens with one attached hydrogen (secondary N) is 1. The van der Waals surface area contributed by atoms with E-state index in [0.717, 1.165) is 18.5 Å². The Balaban J connectivity index is 1.52. The van der Waals surface area contributed by atoms with Crippen LogP contribution in [0.15, 0.2) is 42.6 Å². The van der Waals surface area contributed by atoms with Crippen molar-refractivity contribution in [1.82, 2.24) is 9.88 Å². The summed E-state index contributed by atoms with van der Waals surface area (Å²) < 4.78 is 14.0. The molecule has 25 heavy (non-hydrogen) atoms. The monoisotopic (exact) mass is 341 g/mol. The van der Waals surface area contributed by atoms with Gasteiger partial charge in [-0.1, -0.05) is 12.1 Å². The maximum absolute atomic E-state index is 14.0. The normalized spacial score (nSPS) is 23.5. The number of aromatic amines is 1. The van der Waals surface area contributed by atoms with Crippen LogP contribution in [0.2, 0.25) is 0 Å². The van der Waals surface area contributed by atoms with Gasteiger partial charge in [0.2, 0.25) is 11.8 Å². The number of H-pyrrole nitrogens is 1. The molecule has 3 heterocycles. The Hall–Kier alpha value is -2.63. The van der Waals surface area contributed by atoms with Crippen LogP contribution in [0.5, 0.6) is 0 Å². The third-order valence-electron chi connectivity index (χ3n) is 5.13. The van der Waals surface area contributed by atoms with Crippen LogP contribution in [0, 0.1) is 11.7 Å². The van der Waals surface area contributed by atoms with Gasteiger partial charge in [-0.3, -0.25) is 9.59 Å². The molecule has 2 aliphatic heterocycles. The lowest BCUT2D eigenvalue weighted by molar-refractivity contribution is -0.136. The highest BCUT2D eigenvalue weighted by Gasteiger charge is 2.41. The Morgan fingerprint density at radius 1 is 1.20 bits per heavy atom. The van der Waals surface area contributed by atoms with Gasteiger partial charge in [-0.2, -0.15) is 0 Å². The first-order valence-corrected chi connectivity index (χ1v) is 8.64. The summed E-state index contributed by atoms with van der Waals surface area (Å²) in [4.78, 5) is 31.8. The maximum atomic E-state index is 14.0. The van der Waals surface area contributed by atoms with E-state index >= 15 is 0 Å². The molecule has 0 spiro atoms. The molecule has 4 rings (SSSR count). The maximum Gasteiger partial charge on any atom is 0.228 e. The van der Waals surface area contributed by atoms with E-state index in [1.807, 2.05) is 23.2 Å². The second kappa shape index (κ2) is 6.35. The number of aromatic nitrogens is 1. The Bertz CT molecular complexity index is 790. The number of halogens is 1. The van der Waals surface area contributed by atoms with Crippen LogP contribution in [0.4, 0.5) is 10.1 Å². The number of rotatable bonds is 3. The highest BCUT2D eigenvalue weighted by molar-refractivity contribution is 6.00. The van der Waals surface area contributed by atoms with Gasteiger partial charge in [0.1, 0.15) is 5.82 Å². The number of likely N-dealkylation sites (tertiary alicyclic amines) is 1. The van der Waals surface area contributed by atoms with Crippen molar-refractivity contribution >= 4 is 17.5 Å². The van der Waals surface area contributed by atoms with Crippen LogP contribution in [-0.4, -0.2) is 34.8 Å². The molecule has 130 valence electrons. The number of nitrogens with zero attached hydrogens (tertiary/aromatic N) is 2. The zero-order valence-electron chi connectivity index (χ0n) is 13.8. The molecule has 6 heteroatoms. The standard InChI is InChI=1S/C19H20FN3O2/c20-14-5-1-2-7-16(14)23-12-13(11-18(23)24)19(25)22-10-4-8-17(22)15-6-3-9-21-15/h1-3,5-7,9,13,17,21H,4,8,10-12H2/t13-,17+/m0/s1. The summed E-state index contributed by atoms with van der Waals surface area (Å²) in [6, 6.07) is 10.2. The second-order valence-corrected chi connectivity index (χ2v) is 6.67. The Morgan fingerprint density at radius 3 is 2.80 bits per heavy atom. The van der Waals surface area contributed by atoms with Crippen LogP contribution in [0.25, 0.3) is 0 Å². The Kier molecular flexibility index (Phi) is 4.03. The molecule has 0 radical (unpaired) electrons. The Morgan fingerprint density at radius 2 is 2.04 bits per heavy atom. The minimum absolute atomic E-state index is 0.00992. The van der Waals surface area contributed by atoms with Crippen molar-refractivity contribution in [3.8, 4) is 0 Å². The molecule has 2 aromatic rings. The van der Waals surface area contributed by atoms with Crippen LogP contribution in [0.3, 0.4) is 0 Å². The molecule has 2 aliphatic rings. The molecule has 0 unspecified atom stereocenters. The number of anilines is 1. The molecule has 2 atom stereocenters. The summed E-state index contributed by atoms with van der Waals surface area (Å²) >= 11 is 0. The van der Waals surface area contributed by atoms with E-state index in [9.17, 15) is 14.0 Å². The summed E-state index contributed by atoms with van der Waals surface area (Å²) in [5.41, 5.74) is 1.28. The lowest BCUT2D eigenvalue weighted by Crippen LogP contribution is -2.37. The van der Waals surface area contributed by atoms with Gasteiger partial charge in [0, 0.05) is 31.4 Å². The molecule has 2 saturated heterocycles. The minimum atomic E-state index is -0.436. The second-order valence-electron chi connectivity index (χ2n) is 6.67. The van der Waals surface area contributed by atoms with Crippen LogP contribution in [0.1, 0.15) is 31.0 Å². The van der Waals surface area contributed by atoms with Gasteiger partial charge < -0.3 is 14.8 Å². The smallest absolute Gasteiger partial charge is 0.228 e. The average Bonchev–Trinajstić information content (AvgIpc) is 3.35. The quantitative estimate of drug-likeness (QED) is 0.933. The number of para-hydroxylation sites is 1. The van der Waals surface area contributed by atoms with Crippen molar-refractivity contribution in [3.05, 3.63) is 54.1 Å². The summed E-state index contributed by atoms with van der Waals surface area (Å²) in [5, 5.41) is 0. The van der Waals surface area contributed by atoms with Crippen molar-refractivity contribution in [1.29, 1.82) is 0 Å². The summed E-state index contributed by atoms with van der Waals surface area (Å²) in [7, 11) is 0. The molecule has 1 N–H and O–H groups in total. The van der Waals surface area contributed by atoms with Gasteiger partial charge in [0.05, 0.1) is 17.6 Å². The number of hydrogen-bond acceptors (Lipinski definition) is 2. The van der Waals surface area contributed by atoms with Gasteiger partial charge >= 0.3 is 0 Å². The highest BCUT2D eigenvalue weighted by Crippen LogP contribution is 2.35. The van der Waals surface area contributed by atoms with Gasteiger partial charge in [-0.05, 0) is 37.1 Å². The molecule has 1 aromatic carbocycles. The summed E-state index contributed by atoms with van der Waals surface area (Å²) in [6.45, 7) is 0.944. The number of carbonyl (C=O) groups excluding carboxylic acids is 2. The molecular formula is C19H20FN3O2. The molecular weight excluding hydrogens is 321 g/mol. The molecule has 0 aliphatic carbocycles. The first kappa shape index (κ1) is 15.9. The molecule has 1 aromatic heterocycles. The number of hydrogen-bond donors (Lipinski definition) is 1. The first-order valence-electron chi connectivity index (χ1n) is 8.64. The van der Waals surface area contributed by atoms with E-state index in [-0.39, 0.29) is 36.5 Å². The van der Waals surface area contributed by atoms with Crippen LogP contribution < -0.4 is 4.90 Å². The minimum Gasteiger partial charge on any atom is -0.363 e. The van der Waals surface area contributed by atoms with Crippen molar-refractivity contribution in [3.63, 3.8) is 0 Å².